The Balaban J connectivity index is 1.62. The van der Waals surface area contributed by atoms with E-state index in [9.17, 15) is 4.79 Å². The Morgan fingerprint density at radius 2 is 2.18 bits per heavy atom. The van der Waals surface area contributed by atoms with Gasteiger partial charge in [-0.2, -0.15) is 9.61 Å². The van der Waals surface area contributed by atoms with Gasteiger partial charge in [0.05, 0.1) is 18.4 Å². The number of hydrogen-bond donors (Lipinski definition) is 3. The summed E-state index contributed by atoms with van der Waals surface area (Å²) in [5, 5.41) is 16.9. The predicted molar refractivity (Wildman–Crippen MR) is 103 cm³/mol. The number of benzene rings is 1. The second kappa shape index (κ2) is 6.31. The fourth-order valence-corrected chi connectivity index (χ4v) is 3.34. The van der Waals surface area contributed by atoms with E-state index in [0.29, 0.717) is 6.04 Å². The second-order valence-corrected chi connectivity index (χ2v) is 7.12. The molecule has 1 aliphatic carbocycles. The number of imidazole rings is 1. The van der Waals surface area contributed by atoms with E-state index >= 15 is 0 Å². The summed E-state index contributed by atoms with van der Waals surface area (Å²) in [6.45, 7) is 0. The molecule has 3 heterocycles. The minimum atomic E-state index is -0.457. The van der Waals surface area contributed by atoms with Crippen molar-refractivity contribution in [3.05, 3.63) is 42.2 Å². The Labute approximate surface area is 160 Å². The van der Waals surface area contributed by atoms with E-state index < -0.39 is 5.91 Å². The standard InChI is InChI=1S/C19H19N7O2/c1-25-10-20-17-18(21-13-5-6-13)22-15-9-14(23-26(15)19(17)25)12-4-2-3-11(7-12)8-16(27)24-28/h2-4,7,9-10,13,28H,5-6,8H2,1H3,(H,21,22)(H,24,27). The highest BCUT2D eigenvalue weighted by molar-refractivity contribution is 5.87. The molecular formula is C19H19N7O2. The normalized spacial score (nSPS) is 13.9. The summed E-state index contributed by atoms with van der Waals surface area (Å²) in [4.78, 5) is 20.7. The van der Waals surface area contributed by atoms with Crippen molar-refractivity contribution in [2.45, 2.75) is 25.3 Å². The topological polar surface area (TPSA) is 109 Å². The molecule has 0 aliphatic heterocycles. The smallest absolute Gasteiger partial charge is 0.247 e. The largest absolute Gasteiger partial charge is 0.365 e. The molecule has 0 atom stereocenters. The zero-order valence-corrected chi connectivity index (χ0v) is 15.3. The molecule has 1 aliphatic rings. The van der Waals surface area contributed by atoms with E-state index in [1.165, 1.54) is 0 Å². The number of nitrogens with zero attached hydrogens (tertiary/aromatic N) is 5. The van der Waals surface area contributed by atoms with E-state index in [-0.39, 0.29) is 6.42 Å². The fourth-order valence-electron chi connectivity index (χ4n) is 3.34. The van der Waals surface area contributed by atoms with Crippen molar-refractivity contribution >= 4 is 28.5 Å². The van der Waals surface area contributed by atoms with E-state index in [1.807, 2.05) is 41.9 Å². The molecule has 3 aromatic heterocycles. The van der Waals surface area contributed by atoms with Crippen molar-refractivity contribution in [3.63, 3.8) is 0 Å². The average molecular weight is 377 g/mol. The van der Waals surface area contributed by atoms with Crippen LogP contribution in [0, 0.1) is 0 Å². The highest BCUT2D eigenvalue weighted by Crippen LogP contribution is 2.30. The molecule has 1 saturated carbocycles. The lowest BCUT2D eigenvalue weighted by molar-refractivity contribution is -0.128. The lowest BCUT2D eigenvalue weighted by atomic mass is 10.1. The van der Waals surface area contributed by atoms with Gasteiger partial charge in [0.1, 0.15) is 0 Å². The maximum absolute atomic E-state index is 11.4. The van der Waals surface area contributed by atoms with Gasteiger partial charge >= 0.3 is 0 Å². The van der Waals surface area contributed by atoms with Gasteiger partial charge in [-0.05, 0) is 24.5 Å². The lowest BCUT2D eigenvalue weighted by Gasteiger charge is -2.06. The number of rotatable bonds is 5. The van der Waals surface area contributed by atoms with Crippen LogP contribution in [0.4, 0.5) is 5.82 Å². The van der Waals surface area contributed by atoms with Gasteiger partial charge in [0.2, 0.25) is 5.91 Å². The summed E-state index contributed by atoms with van der Waals surface area (Å²) < 4.78 is 3.73. The first kappa shape index (κ1) is 16.7. The molecule has 28 heavy (non-hydrogen) atoms. The van der Waals surface area contributed by atoms with Crippen LogP contribution in [-0.2, 0) is 18.3 Å². The van der Waals surface area contributed by atoms with Gasteiger partial charge < -0.3 is 9.88 Å². The predicted octanol–water partition coefficient (Wildman–Crippen LogP) is 1.91. The number of anilines is 1. The van der Waals surface area contributed by atoms with Gasteiger partial charge in [0.25, 0.3) is 0 Å². The molecule has 3 N–H and O–H groups in total. The molecular weight excluding hydrogens is 358 g/mol. The quantitative estimate of drug-likeness (QED) is 0.362. The molecule has 1 amide bonds. The molecule has 0 radical (unpaired) electrons. The third kappa shape index (κ3) is 2.85. The van der Waals surface area contributed by atoms with Crippen LogP contribution in [-0.4, -0.2) is 41.3 Å². The molecule has 9 heteroatoms. The molecule has 9 nitrogen and oxygen atoms in total. The molecule has 142 valence electrons. The molecule has 1 aromatic carbocycles. The van der Waals surface area contributed by atoms with Gasteiger partial charge in [-0.1, -0.05) is 18.2 Å². The summed E-state index contributed by atoms with van der Waals surface area (Å²) in [6.07, 6.45) is 4.16. The van der Waals surface area contributed by atoms with Crippen molar-refractivity contribution in [2.75, 3.05) is 5.32 Å². The fraction of sp³-hybridized carbons (Fsp3) is 0.263. The zero-order chi connectivity index (χ0) is 19.3. The first-order valence-electron chi connectivity index (χ1n) is 9.12. The number of amides is 1. The highest BCUT2D eigenvalue weighted by Gasteiger charge is 2.24. The first-order valence-corrected chi connectivity index (χ1v) is 9.12. The van der Waals surface area contributed by atoms with Crippen molar-refractivity contribution in [1.29, 1.82) is 0 Å². The Morgan fingerprint density at radius 3 is 2.96 bits per heavy atom. The molecule has 0 unspecified atom stereocenters. The summed E-state index contributed by atoms with van der Waals surface area (Å²) in [6, 6.07) is 9.93. The summed E-state index contributed by atoms with van der Waals surface area (Å²) in [7, 11) is 1.94. The minimum Gasteiger partial charge on any atom is -0.365 e. The minimum absolute atomic E-state index is 0.0946. The number of aryl methyl sites for hydroxylation is 1. The number of aromatic nitrogens is 5. The Kier molecular flexibility index (Phi) is 3.76. The molecule has 5 rings (SSSR count). The monoisotopic (exact) mass is 377 g/mol. The molecule has 0 bridgehead atoms. The SMILES string of the molecule is Cn1cnc2c(NC3CC3)nc3cc(-c4cccc(CC(=O)NO)c4)nn3c21. The van der Waals surface area contributed by atoms with Crippen LogP contribution < -0.4 is 10.8 Å². The number of carbonyl (C=O) groups excluding carboxylic acids is 1. The van der Waals surface area contributed by atoms with Gasteiger partial charge in [-0.3, -0.25) is 10.0 Å². The number of carbonyl (C=O) groups is 1. The van der Waals surface area contributed by atoms with E-state index in [2.05, 4.69) is 10.3 Å². The van der Waals surface area contributed by atoms with E-state index in [0.717, 1.165) is 52.3 Å². The van der Waals surface area contributed by atoms with Crippen LogP contribution in [0.15, 0.2) is 36.7 Å². The van der Waals surface area contributed by atoms with Crippen molar-refractivity contribution < 1.29 is 10.0 Å². The van der Waals surface area contributed by atoms with Crippen molar-refractivity contribution in [1.82, 2.24) is 29.6 Å². The van der Waals surface area contributed by atoms with Crippen LogP contribution in [0.3, 0.4) is 0 Å². The average Bonchev–Trinajstić information content (AvgIpc) is 3.27. The van der Waals surface area contributed by atoms with Crippen LogP contribution in [0.1, 0.15) is 18.4 Å². The van der Waals surface area contributed by atoms with E-state index in [4.69, 9.17) is 15.3 Å². The molecule has 1 fully saturated rings. The Hall–Kier alpha value is -3.46. The Bertz CT molecular complexity index is 1210. The number of fused-ring (bicyclic) bond motifs is 3. The second-order valence-electron chi connectivity index (χ2n) is 7.12. The van der Waals surface area contributed by atoms with Crippen LogP contribution >= 0.6 is 0 Å². The van der Waals surface area contributed by atoms with Gasteiger partial charge in [-0.15, -0.1) is 0 Å². The highest BCUT2D eigenvalue weighted by atomic mass is 16.5. The van der Waals surface area contributed by atoms with E-state index in [1.54, 1.807) is 16.3 Å². The third-order valence-corrected chi connectivity index (χ3v) is 4.88. The van der Waals surface area contributed by atoms with Crippen LogP contribution in [0.25, 0.3) is 28.1 Å². The van der Waals surface area contributed by atoms with Crippen molar-refractivity contribution in [3.8, 4) is 11.3 Å². The maximum atomic E-state index is 11.4. The molecule has 0 saturated heterocycles. The third-order valence-electron chi connectivity index (χ3n) is 4.88. The maximum Gasteiger partial charge on any atom is 0.247 e. The number of hydrogen-bond acceptors (Lipinski definition) is 6. The molecule has 0 spiro atoms. The van der Waals surface area contributed by atoms with Crippen molar-refractivity contribution in [2.24, 2.45) is 7.05 Å². The van der Waals surface area contributed by atoms with Gasteiger partial charge in [-0.25, -0.2) is 15.4 Å². The zero-order valence-electron chi connectivity index (χ0n) is 15.3. The number of hydroxylamine groups is 1. The Morgan fingerprint density at radius 1 is 1.32 bits per heavy atom. The summed E-state index contributed by atoms with van der Waals surface area (Å²) in [5.74, 6) is 0.326. The lowest BCUT2D eigenvalue weighted by Crippen LogP contribution is -2.20. The van der Waals surface area contributed by atoms with Gasteiger partial charge in [0.15, 0.2) is 22.6 Å². The molecule has 4 aromatic rings. The van der Waals surface area contributed by atoms with Gasteiger partial charge in [0, 0.05) is 24.7 Å². The van der Waals surface area contributed by atoms with Crippen LogP contribution in [0.5, 0.6) is 0 Å². The number of nitrogens with one attached hydrogen (secondary N) is 2. The van der Waals surface area contributed by atoms with Crippen LogP contribution in [0.2, 0.25) is 0 Å². The summed E-state index contributed by atoms with van der Waals surface area (Å²) in [5.41, 5.74) is 6.47. The first-order chi connectivity index (χ1) is 13.6. The summed E-state index contributed by atoms with van der Waals surface area (Å²) >= 11 is 0.